The highest BCUT2D eigenvalue weighted by molar-refractivity contribution is 7.86. The van der Waals surface area contributed by atoms with Gasteiger partial charge < -0.3 is 4.90 Å². The maximum atomic E-state index is 12.1. The molecule has 4 nitrogen and oxygen atoms in total. The van der Waals surface area contributed by atoms with Gasteiger partial charge in [-0.3, -0.25) is 4.18 Å². The average Bonchev–Trinajstić information content (AvgIpc) is 2.66. The minimum absolute atomic E-state index is 0.242. The number of nitrogens with zero attached hydrogens (tertiary/aromatic N) is 1. The van der Waals surface area contributed by atoms with E-state index in [1.165, 1.54) is 38.5 Å². The van der Waals surface area contributed by atoms with Gasteiger partial charge in [0.15, 0.2) is 0 Å². The van der Waals surface area contributed by atoms with Crippen LogP contribution in [-0.2, 0) is 14.3 Å². The molecule has 0 atom stereocenters. The van der Waals surface area contributed by atoms with Crippen molar-refractivity contribution in [1.29, 1.82) is 0 Å². The molecule has 0 bridgehead atoms. The molecule has 1 aromatic rings. The minimum Gasteiger partial charge on any atom is -0.303 e. The van der Waals surface area contributed by atoms with E-state index in [2.05, 4.69) is 4.90 Å². The molecule has 1 heterocycles. The highest BCUT2D eigenvalue weighted by Gasteiger charge is 2.15. The summed E-state index contributed by atoms with van der Waals surface area (Å²) in [5, 5.41) is 0. The Morgan fingerprint density at radius 1 is 0.957 bits per heavy atom. The van der Waals surface area contributed by atoms with E-state index in [-0.39, 0.29) is 11.5 Å². The zero-order chi connectivity index (χ0) is 16.5. The Kier molecular flexibility index (Phi) is 7.53. The molecule has 1 aliphatic heterocycles. The molecule has 0 radical (unpaired) electrons. The Balaban J connectivity index is 1.74. The molecular weight excluding hydrogens is 310 g/mol. The van der Waals surface area contributed by atoms with Gasteiger partial charge in [-0.25, -0.2) is 0 Å². The first kappa shape index (κ1) is 18.4. The fraction of sp³-hybridized carbons (Fsp3) is 0.667. The van der Waals surface area contributed by atoms with Crippen molar-refractivity contribution in [3.63, 3.8) is 0 Å². The van der Waals surface area contributed by atoms with Gasteiger partial charge in [0, 0.05) is 6.54 Å². The third-order valence-electron chi connectivity index (χ3n) is 4.37. The molecule has 1 aromatic carbocycles. The Labute approximate surface area is 141 Å². The van der Waals surface area contributed by atoms with Crippen molar-refractivity contribution in [2.45, 2.75) is 56.8 Å². The van der Waals surface area contributed by atoms with Gasteiger partial charge in [0.25, 0.3) is 10.1 Å². The topological polar surface area (TPSA) is 46.6 Å². The number of benzene rings is 1. The number of hydrogen-bond donors (Lipinski definition) is 0. The summed E-state index contributed by atoms with van der Waals surface area (Å²) >= 11 is 0. The maximum Gasteiger partial charge on any atom is 0.296 e. The van der Waals surface area contributed by atoms with Crippen LogP contribution in [0.3, 0.4) is 0 Å². The zero-order valence-electron chi connectivity index (χ0n) is 14.2. The fourth-order valence-electron chi connectivity index (χ4n) is 2.94. The van der Waals surface area contributed by atoms with Gasteiger partial charge in [-0.15, -0.1) is 0 Å². The summed E-state index contributed by atoms with van der Waals surface area (Å²) in [6.45, 7) is 5.37. The second-order valence-electron chi connectivity index (χ2n) is 6.41. The lowest BCUT2D eigenvalue weighted by molar-refractivity contribution is 0.233. The van der Waals surface area contributed by atoms with Crippen molar-refractivity contribution >= 4 is 10.1 Å². The van der Waals surface area contributed by atoms with Crippen molar-refractivity contribution in [1.82, 2.24) is 4.90 Å². The summed E-state index contributed by atoms with van der Waals surface area (Å²) in [7, 11) is -3.62. The van der Waals surface area contributed by atoms with E-state index in [0.29, 0.717) is 0 Å². The largest absolute Gasteiger partial charge is 0.303 e. The maximum absolute atomic E-state index is 12.1. The van der Waals surface area contributed by atoms with Crippen LogP contribution in [0, 0.1) is 6.92 Å². The van der Waals surface area contributed by atoms with Gasteiger partial charge >= 0.3 is 0 Å². The first-order valence-corrected chi connectivity index (χ1v) is 10.2. The van der Waals surface area contributed by atoms with Crippen molar-refractivity contribution in [2.75, 3.05) is 26.2 Å². The SMILES string of the molecule is Cc1ccc(S(=O)(=O)OCCCN2CCCCCCCC2)cc1. The molecule has 1 aliphatic rings. The number of rotatable bonds is 6. The van der Waals surface area contributed by atoms with E-state index in [1.807, 2.05) is 6.92 Å². The third-order valence-corrected chi connectivity index (χ3v) is 5.69. The second kappa shape index (κ2) is 9.40. The van der Waals surface area contributed by atoms with Gasteiger partial charge in [0.1, 0.15) is 0 Å². The van der Waals surface area contributed by atoms with Gasteiger partial charge in [-0.05, 0) is 51.4 Å². The Morgan fingerprint density at radius 2 is 1.52 bits per heavy atom. The van der Waals surface area contributed by atoms with Crippen LogP contribution < -0.4 is 0 Å². The molecule has 0 amide bonds. The lowest BCUT2D eigenvalue weighted by atomic mass is 10.1. The smallest absolute Gasteiger partial charge is 0.296 e. The zero-order valence-corrected chi connectivity index (χ0v) is 15.0. The quantitative estimate of drug-likeness (QED) is 0.585. The summed E-state index contributed by atoms with van der Waals surface area (Å²) in [4.78, 5) is 2.69. The minimum atomic E-state index is -3.62. The van der Waals surface area contributed by atoms with Crippen LogP contribution in [0.1, 0.15) is 50.5 Å². The van der Waals surface area contributed by atoms with Gasteiger partial charge in [0.2, 0.25) is 0 Å². The molecule has 0 saturated carbocycles. The second-order valence-corrected chi connectivity index (χ2v) is 8.02. The Hall–Kier alpha value is -0.910. The highest BCUT2D eigenvalue weighted by atomic mass is 32.2. The van der Waals surface area contributed by atoms with Crippen LogP contribution in [0.15, 0.2) is 29.2 Å². The molecule has 1 saturated heterocycles. The Bertz CT molecular complexity index is 544. The van der Waals surface area contributed by atoms with Crippen LogP contribution in [-0.4, -0.2) is 39.6 Å². The van der Waals surface area contributed by atoms with Crippen molar-refractivity contribution in [2.24, 2.45) is 0 Å². The lowest BCUT2D eigenvalue weighted by Gasteiger charge is -2.21. The lowest BCUT2D eigenvalue weighted by Crippen LogP contribution is -2.28. The van der Waals surface area contributed by atoms with Crippen molar-refractivity contribution < 1.29 is 12.6 Å². The van der Waals surface area contributed by atoms with Gasteiger partial charge in [0.05, 0.1) is 11.5 Å². The molecule has 0 unspecified atom stereocenters. The highest BCUT2D eigenvalue weighted by Crippen LogP contribution is 2.14. The fourth-order valence-corrected chi connectivity index (χ4v) is 3.89. The van der Waals surface area contributed by atoms with Crippen LogP contribution >= 0.6 is 0 Å². The van der Waals surface area contributed by atoms with Crippen molar-refractivity contribution in [3.05, 3.63) is 29.8 Å². The predicted molar refractivity (Wildman–Crippen MR) is 93.1 cm³/mol. The third kappa shape index (κ3) is 6.61. The monoisotopic (exact) mass is 339 g/mol. The summed E-state index contributed by atoms with van der Waals surface area (Å²) in [6, 6.07) is 6.79. The Morgan fingerprint density at radius 3 is 2.13 bits per heavy atom. The molecule has 0 aromatic heterocycles. The molecular formula is C18H29NO3S. The first-order chi connectivity index (χ1) is 11.1. The summed E-state index contributed by atoms with van der Waals surface area (Å²) in [5.41, 5.74) is 1.04. The number of aryl methyl sites for hydroxylation is 1. The summed E-state index contributed by atoms with van der Waals surface area (Å²) in [5.74, 6) is 0. The van der Waals surface area contributed by atoms with E-state index in [0.717, 1.165) is 31.6 Å². The normalized spacial score (nSPS) is 18.1. The summed E-state index contributed by atoms with van der Waals surface area (Å²) < 4.78 is 29.4. The van der Waals surface area contributed by atoms with Gasteiger partial charge in [-0.1, -0.05) is 43.4 Å². The van der Waals surface area contributed by atoms with Crippen molar-refractivity contribution in [3.8, 4) is 0 Å². The predicted octanol–water partition coefficient (Wildman–Crippen LogP) is 3.75. The van der Waals surface area contributed by atoms with E-state index in [4.69, 9.17) is 4.18 Å². The van der Waals surface area contributed by atoms with Crippen LogP contribution in [0.2, 0.25) is 0 Å². The van der Waals surface area contributed by atoms with Gasteiger partial charge in [-0.2, -0.15) is 8.42 Å². The van der Waals surface area contributed by atoms with E-state index < -0.39 is 10.1 Å². The van der Waals surface area contributed by atoms with Crippen LogP contribution in [0.5, 0.6) is 0 Å². The molecule has 2 rings (SSSR count). The first-order valence-electron chi connectivity index (χ1n) is 8.76. The number of hydrogen-bond acceptors (Lipinski definition) is 4. The van der Waals surface area contributed by atoms with Crippen LogP contribution in [0.25, 0.3) is 0 Å². The molecule has 1 fully saturated rings. The molecule has 5 heteroatoms. The van der Waals surface area contributed by atoms with E-state index >= 15 is 0 Å². The molecule has 0 spiro atoms. The molecule has 0 aliphatic carbocycles. The summed E-state index contributed by atoms with van der Waals surface area (Å²) in [6.07, 6.45) is 8.59. The molecule has 23 heavy (non-hydrogen) atoms. The molecule has 0 N–H and O–H groups in total. The average molecular weight is 340 g/mol. The van der Waals surface area contributed by atoms with Crippen LogP contribution in [0.4, 0.5) is 0 Å². The standard InChI is InChI=1S/C18H29NO3S/c1-17-9-11-18(12-10-17)23(20,21)22-16-8-15-19-13-6-4-2-3-5-7-14-19/h9-12H,2-8,13-16H2,1H3. The van der Waals surface area contributed by atoms with E-state index in [1.54, 1.807) is 24.3 Å². The van der Waals surface area contributed by atoms with E-state index in [9.17, 15) is 8.42 Å². The molecule has 130 valence electrons.